The average molecular weight is 366 g/mol. The number of ether oxygens (including phenoxy) is 1. The van der Waals surface area contributed by atoms with Crippen LogP contribution in [0.3, 0.4) is 0 Å². The highest BCUT2D eigenvalue weighted by atomic mass is 16.5. The first-order valence-corrected chi connectivity index (χ1v) is 10.0. The number of likely N-dealkylation sites (tertiary alicyclic amines) is 1. The average Bonchev–Trinajstić information content (AvgIpc) is 3.53. The molecule has 2 heterocycles. The summed E-state index contributed by atoms with van der Waals surface area (Å²) >= 11 is 0. The first-order valence-electron chi connectivity index (χ1n) is 10.0. The van der Waals surface area contributed by atoms with Gasteiger partial charge in [0.2, 0.25) is 0 Å². The Labute approximate surface area is 159 Å². The van der Waals surface area contributed by atoms with E-state index < -0.39 is 12.1 Å². The number of carbonyl (C=O) groups excluding carboxylic acids is 2. The molecule has 0 spiro atoms. The Morgan fingerprint density at radius 2 is 1.81 bits per heavy atom. The largest absolute Gasteiger partial charge is 0.449 e. The molecule has 0 bridgehead atoms. The number of carbonyl (C=O) groups is 2. The summed E-state index contributed by atoms with van der Waals surface area (Å²) in [7, 11) is 0. The molecule has 1 aliphatic heterocycles. The van der Waals surface area contributed by atoms with Crippen molar-refractivity contribution >= 4 is 22.8 Å². The van der Waals surface area contributed by atoms with E-state index in [-0.39, 0.29) is 5.91 Å². The molecule has 5 heteroatoms. The van der Waals surface area contributed by atoms with Crippen LogP contribution in [0.1, 0.15) is 67.4 Å². The molecule has 2 fully saturated rings. The van der Waals surface area contributed by atoms with Crippen LogP contribution < -0.4 is 0 Å². The lowest BCUT2D eigenvalue weighted by atomic mass is 10.1. The molecule has 0 radical (unpaired) electrons. The summed E-state index contributed by atoms with van der Waals surface area (Å²) in [5, 5.41) is 0.779. The maximum Gasteiger partial charge on any atom is 0.339 e. The van der Waals surface area contributed by atoms with Crippen molar-refractivity contribution in [2.75, 3.05) is 13.1 Å². The summed E-state index contributed by atoms with van der Waals surface area (Å²) in [5.41, 5.74) is 2.27. The van der Waals surface area contributed by atoms with Crippen molar-refractivity contribution < 1.29 is 14.3 Å². The van der Waals surface area contributed by atoms with E-state index in [0.29, 0.717) is 11.5 Å². The smallest absolute Gasteiger partial charge is 0.339 e. The summed E-state index contributed by atoms with van der Waals surface area (Å²) in [4.78, 5) is 32.1. The molecule has 4 rings (SSSR count). The zero-order chi connectivity index (χ0) is 18.8. The Morgan fingerprint density at radius 1 is 1.11 bits per heavy atom. The van der Waals surface area contributed by atoms with Crippen LogP contribution in [0.15, 0.2) is 30.3 Å². The van der Waals surface area contributed by atoms with Crippen LogP contribution in [-0.2, 0) is 9.53 Å². The van der Waals surface area contributed by atoms with Crippen LogP contribution in [0.25, 0.3) is 10.9 Å². The first kappa shape index (κ1) is 18.0. The molecule has 0 N–H and O–H groups in total. The van der Waals surface area contributed by atoms with E-state index in [1.165, 1.54) is 0 Å². The number of hydrogen-bond donors (Lipinski definition) is 0. The minimum Gasteiger partial charge on any atom is -0.449 e. The lowest BCUT2D eigenvalue weighted by molar-refractivity contribution is -0.139. The van der Waals surface area contributed by atoms with Crippen LogP contribution >= 0.6 is 0 Å². The molecule has 1 saturated heterocycles. The van der Waals surface area contributed by atoms with E-state index >= 15 is 0 Å². The predicted octanol–water partition coefficient (Wildman–Crippen LogP) is 4.06. The third-order valence-corrected chi connectivity index (χ3v) is 5.50. The van der Waals surface area contributed by atoms with Gasteiger partial charge >= 0.3 is 5.97 Å². The highest BCUT2D eigenvalue weighted by Crippen LogP contribution is 2.40. The standard InChI is InChI=1S/C22H26N2O3/c1-15(21(25)24-12-6-2-3-7-13-24)27-22(26)18-14-20(16-10-11-16)23-19-9-5-4-8-17(18)19/h4-5,8-9,14-16H,2-3,6-7,10-13H2,1H3/t15-/m1/s1. The lowest BCUT2D eigenvalue weighted by Crippen LogP contribution is -2.40. The SMILES string of the molecule is C[C@@H](OC(=O)c1cc(C2CC2)nc2ccccc12)C(=O)N1CCCCCC1. The van der Waals surface area contributed by atoms with Crippen molar-refractivity contribution in [2.45, 2.75) is 57.5 Å². The van der Waals surface area contributed by atoms with E-state index in [1.807, 2.05) is 35.2 Å². The van der Waals surface area contributed by atoms with Crippen molar-refractivity contribution in [1.29, 1.82) is 0 Å². The Bertz CT molecular complexity index is 852. The van der Waals surface area contributed by atoms with Gasteiger partial charge in [0.05, 0.1) is 11.1 Å². The Hall–Kier alpha value is -2.43. The summed E-state index contributed by atoms with van der Waals surface area (Å²) in [6.07, 6.45) is 5.81. The topological polar surface area (TPSA) is 59.5 Å². The number of pyridine rings is 1. The molecule has 1 saturated carbocycles. The highest BCUT2D eigenvalue weighted by Gasteiger charge is 2.29. The normalized spacial score (nSPS) is 18.8. The van der Waals surface area contributed by atoms with Gasteiger partial charge in [-0.1, -0.05) is 31.0 Å². The molecule has 5 nitrogen and oxygen atoms in total. The fraction of sp³-hybridized carbons (Fsp3) is 0.500. The maximum absolute atomic E-state index is 12.9. The molecule has 1 aromatic carbocycles. The van der Waals surface area contributed by atoms with Gasteiger partial charge in [0, 0.05) is 30.1 Å². The van der Waals surface area contributed by atoms with Crippen LogP contribution in [0, 0.1) is 0 Å². The summed E-state index contributed by atoms with van der Waals surface area (Å²) in [5.74, 6) is -0.0884. The van der Waals surface area contributed by atoms with E-state index in [4.69, 9.17) is 9.72 Å². The molecule has 1 aromatic heterocycles. The maximum atomic E-state index is 12.9. The van der Waals surface area contributed by atoms with Gasteiger partial charge in [-0.3, -0.25) is 9.78 Å². The van der Waals surface area contributed by atoms with E-state index in [9.17, 15) is 9.59 Å². The number of esters is 1. The fourth-order valence-corrected chi connectivity index (χ4v) is 3.78. The molecule has 1 amide bonds. The van der Waals surface area contributed by atoms with Gasteiger partial charge in [-0.15, -0.1) is 0 Å². The van der Waals surface area contributed by atoms with Gasteiger partial charge in [0.15, 0.2) is 6.10 Å². The van der Waals surface area contributed by atoms with Crippen molar-refractivity contribution in [3.05, 3.63) is 41.6 Å². The predicted molar refractivity (Wildman–Crippen MR) is 104 cm³/mol. The molecule has 1 aliphatic carbocycles. The molecule has 2 aliphatic rings. The van der Waals surface area contributed by atoms with Gasteiger partial charge < -0.3 is 9.64 Å². The van der Waals surface area contributed by atoms with Gasteiger partial charge in [-0.2, -0.15) is 0 Å². The number of amides is 1. The van der Waals surface area contributed by atoms with Crippen LogP contribution in [0.4, 0.5) is 0 Å². The highest BCUT2D eigenvalue weighted by molar-refractivity contribution is 6.04. The zero-order valence-electron chi connectivity index (χ0n) is 15.8. The van der Waals surface area contributed by atoms with Crippen LogP contribution in [-0.4, -0.2) is 41.0 Å². The van der Waals surface area contributed by atoms with E-state index in [1.54, 1.807) is 6.92 Å². The second-order valence-electron chi connectivity index (χ2n) is 7.67. The second kappa shape index (κ2) is 7.67. The first-order chi connectivity index (χ1) is 13.1. The van der Waals surface area contributed by atoms with Gasteiger partial charge in [0.1, 0.15) is 0 Å². The summed E-state index contributed by atoms with van der Waals surface area (Å²) < 4.78 is 5.60. The molecule has 142 valence electrons. The number of para-hydroxylation sites is 1. The van der Waals surface area contributed by atoms with Crippen molar-refractivity contribution in [2.24, 2.45) is 0 Å². The van der Waals surface area contributed by atoms with Crippen molar-refractivity contribution in [1.82, 2.24) is 9.88 Å². The van der Waals surface area contributed by atoms with Gasteiger partial charge in [-0.05, 0) is 44.7 Å². The fourth-order valence-electron chi connectivity index (χ4n) is 3.78. The van der Waals surface area contributed by atoms with Crippen molar-refractivity contribution in [3.63, 3.8) is 0 Å². The van der Waals surface area contributed by atoms with E-state index in [2.05, 4.69) is 0 Å². The molecule has 2 aromatic rings. The molecule has 0 unspecified atom stereocenters. The second-order valence-corrected chi connectivity index (χ2v) is 7.67. The number of nitrogens with zero attached hydrogens (tertiary/aromatic N) is 2. The van der Waals surface area contributed by atoms with Crippen molar-refractivity contribution in [3.8, 4) is 0 Å². The molecule has 27 heavy (non-hydrogen) atoms. The molecular weight excluding hydrogens is 340 g/mol. The summed E-state index contributed by atoms with van der Waals surface area (Å²) in [6.45, 7) is 3.19. The third-order valence-electron chi connectivity index (χ3n) is 5.50. The molecule has 1 atom stereocenters. The van der Waals surface area contributed by atoms with E-state index in [0.717, 1.165) is 68.2 Å². The Kier molecular flexibility index (Phi) is 5.10. The van der Waals surface area contributed by atoms with Crippen LogP contribution in [0.5, 0.6) is 0 Å². The number of hydrogen-bond acceptors (Lipinski definition) is 4. The van der Waals surface area contributed by atoms with Crippen LogP contribution in [0.2, 0.25) is 0 Å². The summed E-state index contributed by atoms with van der Waals surface area (Å²) in [6, 6.07) is 9.47. The third kappa shape index (κ3) is 3.97. The number of rotatable bonds is 4. The molecular formula is C22H26N2O3. The van der Waals surface area contributed by atoms with Gasteiger partial charge in [-0.25, -0.2) is 4.79 Å². The monoisotopic (exact) mass is 366 g/mol. The Morgan fingerprint density at radius 3 is 2.52 bits per heavy atom. The number of aromatic nitrogens is 1. The lowest BCUT2D eigenvalue weighted by Gasteiger charge is -2.24. The minimum atomic E-state index is -0.771. The number of benzene rings is 1. The number of fused-ring (bicyclic) bond motifs is 1. The minimum absolute atomic E-state index is 0.0916. The zero-order valence-corrected chi connectivity index (χ0v) is 15.8. The Balaban J connectivity index is 1.54. The van der Waals surface area contributed by atoms with Gasteiger partial charge in [0.25, 0.3) is 5.91 Å². The quantitative estimate of drug-likeness (QED) is 0.766.